The van der Waals surface area contributed by atoms with Gasteiger partial charge in [-0.1, -0.05) is 6.92 Å². The zero-order valence-electron chi connectivity index (χ0n) is 9.42. The van der Waals surface area contributed by atoms with Gasteiger partial charge in [-0.2, -0.15) is 11.8 Å². The molecule has 0 aromatic rings. The Kier molecular flexibility index (Phi) is 6.65. The quantitative estimate of drug-likeness (QED) is 0.737. The van der Waals surface area contributed by atoms with E-state index in [9.17, 15) is 0 Å². The SMILES string of the molecule is CCCNC(C)CSC1CCOCC1. The van der Waals surface area contributed by atoms with Gasteiger partial charge in [-0.05, 0) is 32.7 Å². The molecule has 0 radical (unpaired) electrons. The van der Waals surface area contributed by atoms with Crippen LogP contribution in [0.2, 0.25) is 0 Å². The molecule has 0 saturated carbocycles. The Hall–Kier alpha value is 0.270. The van der Waals surface area contributed by atoms with E-state index in [0.717, 1.165) is 25.0 Å². The number of hydrogen-bond acceptors (Lipinski definition) is 3. The summed E-state index contributed by atoms with van der Waals surface area (Å²) in [6, 6.07) is 0.655. The van der Waals surface area contributed by atoms with Crippen LogP contribution in [0.1, 0.15) is 33.1 Å². The molecule has 1 N–H and O–H groups in total. The lowest BCUT2D eigenvalue weighted by atomic mass is 10.2. The van der Waals surface area contributed by atoms with E-state index in [1.807, 2.05) is 0 Å². The van der Waals surface area contributed by atoms with E-state index >= 15 is 0 Å². The fraction of sp³-hybridized carbons (Fsp3) is 1.00. The highest BCUT2D eigenvalue weighted by Crippen LogP contribution is 2.22. The van der Waals surface area contributed by atoms with Gasteiger partial charge in [-0.15, -0.1) is 0 Å². The predicted octanol–water partition coefficient (Wildman–Crippen LogP) is 2.29. The molecule has 1 unspecified atom stereocenters. The van der Waals surface area contributed by atoms with Crippen molar-refractivity contribution >= 4 is 11.8 Å². The van der Waals surface area contributed by atoms with Gasteiger partial charge < -0.3 is 10.1 Å². The zero-order chi connectivity index (χ0) is 10.2. The molecular formula is C11H23NOS. The molecule has 84 valence electrons. The van der Waals surface area contributed by atoms with Crippen LogP contribution in [0.15, 0.2) is 0 Å². The molecule has 0 aliphatic carbocycles. The van der Waals surface area contributed by atoms with Crippen LogP contribution in [0.5, 0.6) is 0 Å². The highest BCUT2D eigenvalue weighted by Gasteiger charge is 2.14. The monoisotopic (exact) mass is 217 g/mol. The maximum Gasteiger partial charge on any atom is 0.0476 e. The van der Waals surface area contributed by atoms with Crippen molar-refractivity contribution < 1.29 is 4.74 Å². The molecule has 1 fully saturated rings. The van der Waals surface area contributed by atoms with E-state index in [2.05, 4.69) is 30.9 Å². The van der Waals surface area contributed by atoms with Crippen molar-refractivity contribution in [3.05, 3.63) is 0 Å². The normalized spacial score (nSPS) is 21.0. The molecule has 1 saturated heterocycles. The van der Waals surface area contributed by atoms with E-state index in [4.69, 9.17) is 4.74 Å². The van der Waals surface area contributed by atoms with Crippen LogP contribution in [0.4, 0.5) is 0 Å². The molecule has 3 heteroatoms. The molecule has 0 amide bonds. The minimum atomic E-state index is 0.655. The molecule has 2 nitrogen and oxygen atoms in total. The highest BCUT2D eigenvalue weighted by atomic mass is 32.2. The van der Waals surface area contributed by atoms with Gasteiger partial charge in [0.2, 0.25) is 0 Å². The Morgan fingerprint density at radius 3 is 2.79 bits per heavy atom. The lowest BCUT2D eigenvalue weighted by Crippen LogP contribution is -2.30. The first-order valence-electron chi connectivity index (χ1n) is 5.75. The van der Waals surface area contributed by atoms with Crippen LogP contribution >= 0.6 is 11.8 Å². The molecule has 1 heterocycles. The second-order valence-corrected chi connectivity index (χ2v) is 5.33. The van der Waals surface area contributed by atoms with Gasteiger partial charge in [0.15, 0.2) is 0 Å². The maximum absolute atomic E-state index is 5.34. The minimum absolute atomic E-state index is 0.655. The molecule has 1 atom stereocenters. The van der Waals surface area contributed by atoms with Crippen LogP contribution in [0.25, 0.3) is 0 Å². The molecular weight excluding hydrogens is 194 g/mol. The van der Waals surface area contributed by atoms with E-state index in [0.29, 0.717) is 6.04 Å². The number of nitrogens with one attached hydrogen (secondary N) is 1. The molecule has 0 aromatic carbocycles. The molecule has 14 heavy (non-hydrogen) atoms. The Balaban J connectivity index is 2.00. The Morgan fingerprint density at radius 2 is 2.14 bits per heavy atom. The molecule has 1 aliphatic rings. The van der Waals surface area contributed by atoms with E-state index in [1.165, 1.54) is 25.0 Å². The Morgan fingerprint density at radius 1 is 1.43 bits per heavy atom. The van der Waals surface area contributed by atoms with E-state index in [1.54, 1.807) is 0 Å². The molecule has 0 bridgehead atoms. The van der Waals surface area contributed by atoms with Gasteiger partial charge in [0.1, 0.15) is 0 Å². The van der Waals surface area contributed by atoms with Crippen molar-refractivity contribution in [2.45, 2.75) is 44.4 Å². The number of thioether (sulfide) groups is 1. The van der Waals surface area contributed by atoms with E-state index in [-0.39, 0.29) is 0 Å². The van der Waals surface area contributed by atoms with Crippen molar-refractivity contribution in [3.63, 3.8) is 0 Å². The Bertz CT molecular complexity index is 137. The number of hydrogen-bond donors (Lipinski definition) is 1. The average molecular weight is 217 g/mol. The highest BCUT2D eigenvalue weighted by molar-refractivity contribution is 7.99. The number of rotatable bonds is 6. The third-order valence-electron chi connectivity index (χ3n) is 2.49. The summed E-state index contributed by atoms with van der Waals surface area (Å²) in [6.07, 6.45) is 3.71. The first kappa shape index (κ1) is 12.3. The van der Waals surface area contributed by atoms with Crippen LogP contribution < -0.4 is 5.32 Å². The third-order valence-corrected chi connectivity index (χ3v) is 4.13. The first-order valence-corrected chi connectivity index (χ1v) is 6.80. The maximum atomic E-state index is 5.34. The Labute approximate surface area is 92.2 Å². The van der Waals surface area contributed by atoms with Crippen molar-refractivity contribution in [3.8, 4) is 0 Å². The lowest BCUT2D eigenvalue weighted by molar-refractivity contribution is 0.1000. The van der Waals surface area contributed by atoms with Crippen LogP contribution in [0.3, 0.4) is 0 Å². The summed E-state index contributed by atoms with van der Waals surface area (Å²) in [5.74, 6) is 1.24. The van der Waals surface area contributed by atoms with Crippen molar-refractivity contribution in [1.82, 2.24) is 5.32 Å². The summed E-state index contributed by atoms with van der Waals surface area (Å²) in [6.45, 7) is 7.58. The number of ether oxygens (including phenoxy) is 1. The topological polar surface area (TPSA) is 21.3 Å². The first-order chi connectivity index (χ1) is 6.83. The minimum Gasteiger partial charge on any atom is -0.381 e. The van der Waals surface area contributed by atoms with Gasteiger partial charge >= 0.3 is 0 Å². The summed E-state index contributed by atoms with van der Waals surface area (Å²) >= 11 is 2.11. The summed E-state index contributed by atoms with van der Waals surface area (Å²) in [5.41, 5.74) is 0. The second kappa shape index (κ2) is 7.55. The summed E-state index contributed by atoms with van der Waals surface area (Å²) in [5, 5.41) is 4.36. The lowest BCUT2D eigenvalue weighted by Gasteiger charge is -2.23. The summed E-state index contributed by atoms with van der Waals surface area (Å²) in [7, 11) is 0. The van der Waals surface area contributed by atoms with Gasteiger partial charge in [0.05, 0.1) is 0 Å². The summed E-state index contributed by atoms with van der Waals surface area (Å²) < 4.78 is 5.34. The van der Waals surface area contributed by atoms with Gasteiger partial charge in [-0.25, -0.2) is 0 Å². The molecule has 0 aromatic heterocycles. The summed E-state index contributed by atoms with van der Waals surface area (Å²) in [4.78, 5) is 0. The standard InChI is InChI=1S/C11H23NOS/c1-3-6-12-10(2)9-14-11-4-7-13-8-5-11/h10-12H,3-9H2,1-2H3. The van der Waals surface area contributed by atoms with Crippen molar-refractivity contribution in [1.29, 1.82) is 0 Å². The fourth-order valence-electron chi connectivity index (χ4n) is 1.57. The van der Waals surface area contributed by atoms with Crippen molar-refractivity contribution in [2.75, 3.05) is 25.5 Å². The zero-order valence-corrected chi connectivity index (χ0v) is 10.2. The third kappa shape index (κ3) is 5.23. The van der Waals surface area contributed by atoms with Gasteiger partial charge in [0, 0.05) is 30.3 Å². The smallest absolute Gasteiger partial charge is 0.0476 e. The largest absolute Gasteiger partial charge is 0.381 e. The molecule has 1 aliphatic heterocycles. The van der Waals surface area contributed by atoms with Crippen LogP contribution in [0, 0.1) is 0 Å². The second-order valence-electron chi connectivity index (χ2n) is 4.00. The van der Waals surface area contributed by atoms with Gasteiger partial charge in [0.25, 0.3) is 0 Å². The molecule has 0 spiro atoms. The molecule has 1 rings (SSSR count). The van der Waals surface area contributed by atoms with E-state index < -0.39 is 0 Å². The van der Waals surface area contributed by atoms with Gasteiger partial charge in [-0.3, -0.25) is 0 Å². The predicted molar refractivity (Wildman–Crippen MR) is 64.1 cm³/mol. The van der Waals surface area contributed by atoms with Crippen LogP contribution in [-0.4, -0.2) is 36.8 Å². The average Bonchev–Trinajstić information content (AvgIpc) is 2.25. The van der Waals surface area contributed by atoms with Crippen molar-refractivity contribution in [2.24, 2.45) is 0 Å². The fourth-order valence-corrected chi connectivity index (χ4v) is 2.78. The van der Waals surface area contributed by atoms with Crippen LogP contribution in [-0.2, 0) is 4.74 Å².